The van der Waals surface area contributed by atoms with Crippen molar-refractivity contribution in [1.82, 2.24) is 0 Å². The number of benzene rings is 1. The molecular formula is C10H12ClNO3S. The van der Waals surface area contributed by atoms with Gasteiger partial charge in [0.15, 0.2) is 0 Å². The lowest BCUT2D eigenvalue weighted by Crippen LogP contribution is -2.02. The first-order chi connectivity index (χ1) is 7.42. The van der Waals surface area contributed by atoms with Crippen LogP contribution in [-0.4, -0.2) is 15.0 Å². The Morgan fingerprint density at radius 2 is 2.19 bits per heavy atom. The van der Waals surface area contributed by atoms with Crippen LogP contribution in [-0.2, 0) is 9.84 Å². The molecule has 2 N–H and O–H groups in total. The molecule has 0 bridgehead atoms. The molecule has 0 aliphatic carbocycles. The summed E-state index contributed by atoms with van der Waals surface area (Å²) in [7, 11) is -3.59. The Labute approximate surface area is 99.6 Å². The van der Waals surface area contributed by atoms with Crippen LogP contribution in [0, 0.1) is 0 Å². The minimum atomic E-state index is -3.59. The fourth-order valence-corrected chi connectivity index (χ4v) is 2.41. The third-order valence-corrected chi connectivity index (χ3v) is 3.70. The van der Waals surface area contributed by atoms with Crippen molar-refractivity contribution in [2.45, 2.75) is 11.8 Å². The fourth-order valence-electron chi connectivity index (χ4n) is 1.14. The van der Waals surface area contributed by atoms with Gasteiger partial charge in [0.2, 0.25) is 9.84 Å². The molecule has 0 amide bonds. The third-order valence-electron chi connectivity index (χ3n) is 1.89. The number of nitrogens with two attached hydrogens (primary N) is 1. The Balaban J connectivity index is 3.41. The highest BCUT2D eigenvalue weighted by atomic mass is 35.5. The van der Waals surface area contributed by atoms with Crippen LogP contribution in [0.3, 0.4) is 0 Å². The van der Waals surface area contributed by atoms with Crippen LogP contribution in [0.2, 0.25) is 5.02 Å². The van der Waals surface area contributed by atoms with Gasteiger partial charge in [-0.25, -0.2) is 8.42 Å². The molecule has 4 nitrogen and oxygen atoms in total. The molecule has 0 aromatic heterocycles. The Bertz CT molecular complexity index is 511. The third kappa shape index (κ3) is 2.48. The van der Waals surface area contributed by atoms with Crippen LogP contribution in [0.25, 0.3) is 0 Å². The quantitative estimate of drug-likeness (QED) is 0.844. The van der Waals surface area contributed by atoms with Gasteiger partial charge in [-0.1, -0.05) is 18.2 Å². The number of anilines is 1. The molecular weight excluding hydrogens is 250 g/mol. The van der Waals surface area contributed by atoms with E-state index in [0.29, 0.717) is 18.0 Å². The summed E-state index contributed by atoms with van der Waals surface area (Å²) in [5.41, 5.74) is 5.93. The Kier molecular flexibility index (Phi) is 3.83. The Morgan fingerprint density at radius 3 is 2.69 bits per heavy atom. The summed E-state index contributed by atoms with van der Waals surface area (Å²) in [6.07, 6.45) is 0. The van der Waals surface area contributed by atoms with Crippen LogP contribution in [0.1, 0.15) is 6.92 Å². The second-order valence-corrected chi connectivity index (χ2v) is 5.24. The summed E-state index contributed by atoms with van der Waals surface area (Å²) in [6.45, 7) is 5.39. The maximum atomic E-state index is 11.6. The molecule has 0 unspecified atom stereocenters. The van der Waals surface area contributed by atoms with Crippen LogP contribution >= 0.6 is 11.6 Å². The van der Waals surface area contributed by atoms with Crippen molar-refractivity contribution < 1.29 is 13.2 Å². The Morgan fingerprint density at radius 1 is 1.56 bits per heavy atom. The number of nitrogen functional groups attached to an aromatic ring is 1. The summed E-state index contributed by atoms with van der Waals surface area (Å²) in [6, 6.07) is 2.65. The predicted octanol–water partition coefficient (Wildman–Crippen LogP) is 2.24. The van der Waals surface area contributed by atoms with Crippen molar-refractivity contribution in [2.24, 2.45) is 0 Å². The molecule has 1 rings (SSSR count). The average Bonchev–Trinajstić information content (AvgIpc) is 2.22. The maximum absolute atomic E-state index is 11.6. The van der Waals surface area contributed by atoms with Gasteiger partial charge in [-0.3, -0.25) is 0 Å². The van der Waals surface area contributed by atoms with Crippen molar-refractivity contribution in [3.63, 3.8) is 0 Å². The van der Waals surface area contributed by atoms with Gasteiger partial charge in [-0.15, -0.1) is 0 Å². The largest absolute Gasteiger partial charge is 0.492 e. The molecule has 1 aromatic rings. The van der Waals surface area contributed by atoms with E-state index in [-0.39, 0.29) is 9.92 Å². The van der Waals surface area contributed by atoms with Crippen LogP contribution in [0.5, 0.6) is 5.75 Å². The smallest absolute Gasteiger partial charge is 0.200 e. The molecule has 88 valence electrons. The van der Waals surface area contributed by atoms with Crippen molar-refractivity contribution in [3.05, 3.63) is 29.1 Å². The van der Waals surface area contributed by atoms with Gasteiger partial charge < -0.3 is 10.5 Å². The van der Waals surface area contributed by atoms with Crippen molar-refractivity contribution in [3.8, 4) is 5.75 Å². The van der Waals surface area contributed by atoms with E-state index in [2.05, 4.69) is 6.58 Å². The first kappa shape index (κ1) is 12.9. The first-order valence-corrected chi connectivity index (χ1v) is 6.44. The SMILES string of the molecule is C=CS(=O)(=O)c1cc(OCC)c(N)cc1Cl. The molecule has 0 saturated heterocycles. The minimum absolute atomic E-state index is 0.0539. The highest BCUT2D eigenvalue weighted by Gasteiger charge is 2.17. The topological polar surface area (TPSA) is 69.4 Å². The predicted molar refractivity (Wildman–Crippen MR) is 64.4 cm³/mol. The summed E-state index contributed by atoms with van der Waals surface area (Å²) in [4.78, 5) is -0.0539. The highest BCUT2D eigenvalue weighted by molar-refractivity contribution is 7.94. The van der Waals surface area contributed by atoms with E-state index < -0.39 is 9.84 Å². The van der Waals surface area contributed by atoms with Crippen LogP contribution in [0.15, 0.2) is 29.0 Å². The molecule has 0 saturated carbocycles. The van der Waals surface area contributed by atoms with Gasteiger partial charge in [-0.05, 0) is 13.0 Å². The molecule has 16 heavy (non-hydrogen) atoms. The molecule has 0 fully saturated rings. The zero-order valence-corrected chi connectivity index (χ0v) is 10.3. The van der Waals surface area contributed by atoms with Crippen LogP contribution < -0.4 is 10.5 Å². The van der Waals surface area contributed by atoms with E-state index >= 15 is 0 Å². The molecule has 0 spiro atoms. The molecule has 0 atom stereocenters. The molecule has 6 heteroatoms. The normalized spacial score (nSPS) is 11.1. The highest BCUT2D eigenvalue weighted by Crippen LogP contribution is 2.32. The lowest BCUT2D eigenvalue weighted by molar-refractivity contribution is 0.341. The van der Waals surface area contributed by atoms with E-state index in [9.17, 15) is 8.42 Å². The summed E-state index contributed by atoms with van der Waals surface area (Å²) in [5, 5.41) is 0.890. The molecule has 1 aromatic carbocycles. The average molecular weight is 262 g/mol. The maximum Gasteiger partial charge on any atom is 0.200 e. The van der Waals surface area contributed by atoms with E-state index in [1.807, 2.05) is 0 Å². The molecule has 0 heterocycles. The van der Waals surface area contributed by atoms with E-state index in [1.165, 1.54) is 12.1 Å². The zero-order valence-electron chi connectivity index (χ0n) is 8.73. The van der Waals surface area contributed by atoms with E-state index in [0.717, 1.165) is 5.41 Å². The van der Waals surface area contributed by atoms with Gasteiger partial charge in [0, 0.05) is 11.5 Å². The minimum Gasteiger partial charge on any atom is -0.492 e. The molecule has 0 radical (unpaired) electrons. The second kappa shape index (κ2) is 4.76. The van der Waals surface area contributed by atoms with Gasteiger partial charge >= 0.3 is 0 Å². The number of hydrogen-bond acceptors (Lipinski definition) is 4. The summed E-state index contributed by atoms with van der Waals surface area (Å²) < 4.78 is 28.4. The lowest BCUT2D eigenvalue weighted by atomic mass is 10.3. The number of rotatable bonds is 4. The van der Waals surface area contributed by atoms with Gasteiger partial charge in [0.05, 0.1) is 22.2 Å². The standard InChI is InChI=1S/C10H12ClNO3S/c1-3-15-9-6-10(16(13,14)4-2)7(11)5-8(9)12/h4-6H,2-3,12H2,1H3. The van der Waals surface area contributed by atoms with Gasteiger partial charge in [0.1, 0.15) is 5.75 Å². The van der Waals surface area contributed by atoms with Crippen molar-refractivity contribution in [2.75, 3.05) is 12.3 Å². The zero-order chi connectivity index (χ0) is 12.3. The first-order valence-electron chi connectivity index (χ1n) is 4.51. The number of ether oxygens (including phenoxy) is 1. The fraction of sp³-hybridized carbons (Fsp3) is 0.200. The van der Waals surface area contributed by atoms with E-state index in [4.69, 9.17) is 22.1 Å². The van der Waals surface area contributed by atoms with Crippen LogP contribution in [0.4, 0.5) is 5.69 Å². The second-order valence-electron chi connectivity index (χ2n) is 2.97. The summed E-state index contributed by atoms with van der Waals surface area (Å²) in [5.74, 6) is 0.298. The molecule has 0 aliphatic rings. The molecule has 0 aliphatic heterocycles. The van der Waals surface area contributed by atoms with Crippen molar-refractivity contribution in [1.29, 1.82) is 0 Å². The number of hydrogen-bond donors (Lipinski definition) is 1. The lowest BCUT2D eigenvalue weighted by Gasteiger charge is -2.10. The Hall–Kier alpha value is -1.20. The van der Waals surface area contributed by atoms with Gasteiger partial charge in [0.25, 0.3) is 0 Å². The van der Waals surface area contributed by atoms with E-state index in [1.54, 1.807) is 6.92 Å². The van der Waals surface area contributed by atoms with Crippen molar-refractivity contribution >= 4 is 27.1 Å². The monoisotopic (exact) mass is 261 g/mol. The number of halogens is 1. The summed E-state index contributed by atoms with van der Waals surface area (Å²) >= 11 is 5.80. The van der Waals surface area contributed by atoms with Gasteiger partial charge in [-0.2, -0.15) is 0 Å². The number of sulfone groups is 1.